The number of hydrogen-bond donors (Lipinski definition) is 1. The minimum Gasteiger partial charge on any atom is -0.489 e. The number of rotatable bonds is 4. The summed E-state index contributed by atoms with van der Waals surface area (Å²) in [7, 11) is 0. The normalized spacial score (nSPS) is 10.2. The van der Waals surface area contributed by atoms with E-state index in [0.29, 0.717) is 11.3 Å². The number of nitrogen functional groups attached to an aromatic ring is 1. The zero-order valence-corrected chi connectivity index (χ0v) is 13.0. The monoisotopic (exact) mass is 336 g/mol. The molecule has 1 heterocycles. The predicted octanol–water partition coefficient (Wildman–Crippen LogP) is 2.74. The predicted molar refractivity (Wildman–Crippen MR) is 88.3 cm³/mol. The first-order chi connectivity index (χ1) is 12.1. The van der Waals surface area contributed by atoms with Gasteiger partial charge in [-0.25, -0.2) is 4.39 Å². The molecule has 124 valence electrons. The van der Waals surface area contributed by atoms with Gasteiger partial charge in [0.2, 0.25) is 0 Å². The van der Waals surface area contributed by atoms with Crippen LogP contribution in [0.25, 0.3) is 0 Å². The summed E-state index contributed by atoms with van der Waals surface area (Å²) in [5.74, 6) is -0.317. The van der Waals surface area contributed by atoms with Crippen molar-refractivity contribution in [1.29, 1.82) is 5.26 Å². The molecule has 3 aromatic rings. The quantitative estimate of drug-likeness (QED) is 0.790. The van der Waals surface area contributed by atoms with E-state index >= 15 is 0 Å². The van der Waals surface area contributed by atoms with Gasteiger partial charge in [0.1, 0.15) is 35.6 Å². The molecule has 7 heteroatoms. The molecule has 25 heavy (non-hydrogen) atoms. The lowest BCUT2D eigenvalue weighted by atomic mass is 10.2. The Kier molecular flexibility index (Phi) is 4.44. The highest BCUT2D eigenvalue weighted by atomic mass is 19.1. The lowest BCUT2D eigenvalue weighted by Crippen LogP contribution is -2.16. The average Bonchev–Trinajstić information content (AvgIpc) is 3.01. The molecule has 0 saturated heterocycles. The molecule has 2 aromatic carbocycles. The first-order valence-corrected chi connectivity index (χ1v) is 7.34. The number of ether oxygens (including phenoxy) is 1. The number of aromatic nitrogens is 2. The number of carbonyl (C=O) groups excluding carboxylic acids is 1. The van der Waals surface area contributed by atoms with Crippen LogP contribution >= 0.6 is 0 Å². The van der Waals surface area contributed by atoms with Gasteiger partial charge in [-0.15, -0.1) is 0 Å². The van der Waals surface area contributed by atoms with Crippen molar-refractivity contribution in [3.8, 4) is 11.8 Å². The van der Waals surface area contributed by atoms with E-state index in [1.807, 2.05) is 6.07 Å². The van der Waals surface area contributed by atoms with Crippen LogP contribution in [-0.4, -0.2) is 15.7 Å². The summed E-state index contributed by atoms with van der Waals surface area (Å²) in [6.07, 6.45) is 1.24. The second kappa shape index (κ2) is 6.84. The van der Waals surface area contributed by atoms with Gasteiger partial charge >= 0.3 is 0 Å². The molecule has 0 aliphatic carbocycles. The van der Waals surface area contributed by atoms with Crippen molar-refractivity contribution in [2.45, 2.75) is 6.61 Å². The summed E-state index contributed by atoms with van der Waals surface area (Å²) >= 11 is 0. The topological polar surface area (TPSA) is 93.9 Å². The Morgan fingerprint density at radius 1 is 1.28 bits per heavy atom. The zero-order chi connectivity index (χ0) is 17.8. The Bertz CT molecular complexity index is 958. The van der Waals surface area contributed by atoms with Crippen LogP contribution in [0.5, 0.6) is 5.75 Å². The maximum Gasteiger partial charge on any atom is 0.280 e. The number of benzene rings is 2. The third kappa shape index (κ3) is 3.48. The van der Waals surface area contributed by atoms with Gasteiger partial charge in [-0.3, -0.25) is 4.79 Å². The molecule has 1 aromatic heterocycles. The second-order valence-corrected chi connectivity index (χ2v) is 5.22. The SMILES string of the molecule is N#Cc1cnn(C(=O)c2cccc(OCc3ccc(F)cc3)c2)c1N. The van der Waals surface area contributed by atoms with Crippen LogP contribution in [0, 0.1) is 17.1 Å². The minimum absolute atomic E-state index is 0.00914. The van der Waals surface area contributed by atoms with E-state index in [0.717, 1.165) is 10.2 Å². The van der Waals surface area contributed by atoms with Crippen molar-refractivity contribution in [3.05, 3.63) is 77.2 Å². The Balaban J connectivity index is 1.76. The van der Waals surface area contributed by atoms with Gasteiger partial charge in [0, 0.05) is 5.56 Å². The standard InChI is InChI=1S/C18H13FN4O2/c19-15-6-4-12(5-7-15)11-25-16-3-1-2-13(8-16)18(24)23-17(21)14(9-20)10-22-23/h1-8,10H,11,21H2. The number of nitrogens with zero attached hydrogens (tertiary/aromatic N) is 3. The van der Waals surface area contributed by atoms with Crippen LogP contribution in [0.4, 0.5) is 10.2 Å². The van der Waals surface area contributed by atoms with E-state index in [4.69, 9.17) is 15.7 Å². The Hall–Kier alpha value is -3.66. The van der Waals surface area contributed by atoms with Crippen molar-refractivity contribution in [2.24, 2.45) is 0 Å². The number of hydrogen-bond acceptors (Lipinski definition) is 5. The molecule has 0 spiro atoms. The summed E-state index contributed by atoms with van der Waals surface area (Å²) in [6, 6.07) is 14.3. The maximum atomic E-state index is 12.9. The van der Waals surface area contributed by atoms with Gasteiger partial charge in [0.25, 0.3) is 5.91 Å². The first kappa shape index (κ1) is 16.2. The third-order valence-electron chi connectivity index (χ3n) is 3.52. The fourth-order valence-corrected chi connectivity index (χ4v) is 2.19. The Morgan fingerprint density at radius 2 is 2.04 bits per heavy atom. The second-order valence-electron chi connectivity index (χ2n) is 5.22. The van der Waals surface area contributed by atoms with Crippen molar-refractivity contribution >= 4 is 11.7 Å². The molecule has 6 nitrogen and oxygen atoms in total. The Morgan fingerprint density at radius 3 is 2.72 bits per heavy atom. The molecule has 0 fully saturated rings. The molecule has 0 radical (unpaired) electrons. The van der Waals surface area contributed by atoms with E-state index < -0.39 is 5.91 Å². The van der Waals surface area contributed by atoms with Crippen molar-refractivity contribution < 1.29 is 13.9 Å². The largest absolute Gasteiger partial charge is 0.489 e. The third-order valence-corrected chi connectivity index (χ3v) is 3.52. The first-order valence-electron chi connectivity index (χ1n) is 7.34. The lowest BCUT2D eigenvalue weighted by molar-refractivity contribution is 0.0947. The van der Waals surface area contributed by atoms with Crippen LogP contribution < -0.4 is 10.5 Å². The zero-order valence-electron chi connectivity index (χ0n) is 13.0. The number of carbonyl (C=O) groups is 1. The van der Waals surface area contributed by atoms with Crippen molar-refractivity contribution in [1.82, 2.24) is 9.78 Å². The van der Waals surface area contributed by atoms with Crippen LogP contribution in [0.1, 0.15) is 21.5 Å². The molecule has 0 atom stereocenters. The average molecular weight is 336 g/mol. The van der Waals surface area contributed by atoms with Gasteiger partial charge in [0.05, 0.1) is 6.20 Å². The molecule has 0 unspecified atom stereocenters. The molecular formula is C18H13FN4O2. The maximum absolute atomic E-state index is 12.9. The number of nitrogens with two attached hydrogens (primary N) is 1. The summed E-state index contributed by atoms with van der Waals surface area (Å²) in [5.41, 5.74) is 6.98. The molecule has 2 N–H and O–H groups in total. The Labute approximate surface area is 142 Å². The van der Waals surface area contributed by atoms with Gasteiger partial charge in [-0.05, 0) is 35.9 Å². The van der Waals surface area contributed by atoms with E-state index in [1.165, 1.54) is 18.3 Å². The fraction of sp³-hybridized carbons (Fsp3) is 0.0556. The highest BCUT2D eigenvalue weighted by Crippen LogP contribution is 2.18. The van der Waals surface area contributed by atoms with Crippen LogP contribution in [0.3, 0.4) is 0 Å². The van der Waals surface area contributed by atoms with E-state index in [9.17, 15) is 9.18 Å². The van der Waals surface area contributed by atoms with Crippen molar-refractivity contribution in [2.75, 3.05) is 5.73 Å². The number of halogens is 1. The van der Waals surface area contributed by atoms with Crippen LogP contribution in [0.15, 0.2) is 54.7 Å². The molecule has 0 bridgehead atoms. The molecule has 0 amide bonds. The molecule has 0 aliphatic heterocycles. The lowest BCUT2D eigenvalue weighted by Gasteiger charge is -2.08. The smallest absolute Gasteiger partial charge is 0.280 e. The minimum atomic E-state index is -0.466. The molecule has 0 saturated carbocycles. The van der Waals surface area contributed by atoms with Crippen molar-refractivity contribution in [3.63, 3.8) is 0 Å². The van der Waals surface area contributed by atoms with Gasteiger partial charge in [0.15, 0.2) is 0 Å². The molecule has 0 aliphatic rings. The summed E-state index contributed by atoms with van der Waals surface area (Å²) in [6.45, 7) is 0.237. The highest BCUT2D eigenvalue weighted by molar-refractivity contribution is 5.97. The number of anilines is 1. The van der Waals surface area contributed by atoms with E-state index in [2.05, 4.69) is 5.10 Å². The fourth-order valence-electron chi connectivity index (χ4n) is 2.19. The number of nitriles is 1. The highest BCUT2D eigenvalue weighted by Gasteiger charge is 2.16. The van der Waals surface area contributed by atoms with Gasteiger partial charge in [-0.2, -0.15) is 15.0 Å². The molecular weight excluding hydrogens is 323 g/mol. The summed E-state index contributed by atoms with van der Waals surface area (Å²) < 4.78 is 19.5. The van der Waals surface area contributed by atoms with Gasteiger partial charge < -0.3 is 10.5 Å². The summed E-state index contributed by atoms with van der Waals surface area (Å²) in [4.78, 5) is 12.5. The van der Waals surface area contributed by atoms with Crippen LogP contribution in [-0.2, 0) is 6.61 Å². The molecule has 3 rings (SSSR count). The van der Waals surface area contributed by atoms with E-state index in [1.54, 1.807) is 36.4 Å². The van der Waals surface area contributed by atoms with Crippen LogP contribution in [0.2, 0.25) is 0 Å². The summed E-state index contributed by atoms with van der Waals surface area (Å²) in [5, 5.41) is 12.7. The van der Waals surface area contributed by atoms with Gasteiger partial charge in [-0.1, -0.05) is 18.2 Å². The van der Waals surface area contributed by atoms with E-state index in [-0.39, 0.29) is 23.8 Å².